The largest absolute Gasteiger partial charge is 0.354 e. The minimum absolute atomic E-state index is 0.00360. The molecule has 0 unspecified atom stereocenters. The molecular weight excluding hydrogens is 364 g/mol. The Labute approximate surface area is 170 Å². The zero-order chi connectivity index (χ0) is 20.1. The Morgan fingerprint density at radius 1 is 1.00 bits per heavy atom. The van der Waals surface area contributed by atoms with Crippen LogP contribution in [0.5, 0.6) is 0 Å². The lowest BCUT2D eigenvalue weighted by molar-refractivity contribution is 0.0746. The molecule has 29 heavy (non-hydrogen) atoms. The highest BCUT2D eigenvalue weighted by atomic mass is 16.2. The molecular formula is C22H24N6O. The van der Waals surface area contributed by atoms with E-state index in [0.29, 0.717) is 37.7 Å². The van der Waals surface area contributed by atoms with Gasteiger partial charge in [0.2, 0.25) is 5.95 Å². The predicted octanol–water partition coefficient (Wildman–Crippen LogP) is 3.14. The molecule has 1 aliphatic heterocycles. The van der Waals surface area contributed by atoms with Crippen LogP contribution in [0.4, 0.5) is 17.3 Å². The highest BCUT2D eigenvalue weighted by Crippen LogP contribution is 2.19. The van der Waals surface area contributed by atoms with Crippen LogP contribution in [-0.2, 0) is 6.42 Å². The van der Waals surface area contributed by atoms with Gasteiger partial charge in [0.25, 0.3) is 5.91 Å². The van der Waals surface area contributed by atoms with Crippen LogP contribution >= 0.6 is 0 Å². The topological polar surface area (TPSA) is 74.2 Å². The van der Waals surface area contributed by atoms with E-state index in [2.05, 4.69) is 44.2 Å². The van der Waals surface area contributed by atoms with Gasteiger partial charge in [-0.1, -0.05) is 19.1 Å². The molecule has 1 amide bonds. The lowest BCUT2D eigenvalue weighted by Crippen LogP contribution is -2.49. The summed E-state index contributed by atoms with van der Waals surface area (Å²) in [6, 6.07) is 11.9. The summed E-state index contributed by atoms with van der Waals surface area (Å²) in [5.41, 5.74) is 3.66. The smallest absolute Gasteiger partial charge is 0.255 e. The van der Waals surface area contributed by atoms with Gasteiger partial charge in [0.05, 0.1) is 17.4 Å². The molecule has 1 aromatic carbocycles. The van der Waals surface area contributed by atoms with Gasteiger partial charge in [0.1, 0.15) is 0 Å². The number of pyridine rings is 1. The second kappa shape index (κ2) is 8.68. The number of carbonyl (C=O) groups excluding carboxylic acids is 1. The normalized spacial score (nSPS) is 14.0. The lowest BCUT2D eigenvalue weighted by Gasteiger charge is -2.34. The Hall–Kier alpha value is -3.48. The summed E-state index contributed by atoms with van der Waals surface area (Å²) in [6.45, 7) is 4.82. The Balaban J connectivity index is 1.39. The van der Waals surface area contributed by atoms with Crippen LogP contribution in [-0.4, -0.2) is 51.9 Å². The van der Waals surface area contributed by atoms with Gasteiger partial charge in [0.15, 0.2) is 0 Å². The fraction of sp³-hybridized carbons (Fsp3) is 0.273. The average molecular weight is 388 g/mol. The number of anilines is 3. The molecule has 3 heterocycles. The van der Waals surface area contributed by atoms with E-state index in [0.717, 1.165) is 17.8 Å². The minimum Gasteiger partial charge on any atom is -0.354 e. The first-order valence-electron chi connectivity index (χ1n) is 9.85. The molecule has 1 fully saturated rings. The van der Waals surface area contributed by atoms with Crippen LogP contribution in [0.25, 0.3) is 0 Å². The van der Waals surface area contributed by atoms with Gasteiger partial charge in [0, 0.05) is 50.5 Å². The lowest BCUT2D eigenvalue weighted by atomic mass is 10.1. The van der Waals surface area contributed by atoms with Crippen molar-refractivity contribution in [2.75, 3.05) is 36.4 Å². The van der Waals surface area contributed by atoms with Gasteiger partial charge in [-0.2, -0.15) is 0 Å². The number of rotatable bonds is 5. The van der Waals surface area contributed by atoms with Crippen molar-refractivity contribution in [3.05, 3.63) is 72.3 Å². The number of benzene rings is 1. The van der Waals surface area contributed by atoms with Crippen LogP contribution in [0, 0.1) is 0 Å². The first kappa shape index (κ1) is 18.9. The number of amides is 1. The summed E-state index contributed by atoms with van der Waals surface area (Å²) in [4.78, 5) is 29.7. The molecule has 7 heteroatoms. The molecule has 1 N–H and O–H groups in total. The Bertz CT molecular complexity index is 953. The number of hydrogen-bond donors (Lipinski definition) is 1. The second-order valence-electron chi connectivity index (χ2n) is 6.97. The maximum absolute atomic E-state index is 12.9. The predicted molar refractivity (Wildman–Crippen MR) is 113 cm³/mol. The van der Waals surface area contributed by atoms with Gasteiger partial charge >= 0.3 is 0 Å². The molecule has 4 rings (SSSR count). The van der Waals surface area contributed by atoms with E-state index >= 15 is 0 Å². The van der Waals surface area contributed by atoms with E-state index < -0.39 is 0 Å². The summed E-state index contributed by atoms with van der Waals surface area (Å²) >= 11 is 0. The summed E-state index contributed by atoms with van der Waals surface area (Å²) in [6.07, 6.45) is 7.84. The van der Waals surface area contributed by atoms with Crippen LogP contribution in [0.1, 0.15) is 22.8 Å². The number of aryl methyl sites for hydroxylation is 1. The van der Waals surface area contributed by atoms with Gasteiger partial charge in [-0.15, -0.1) is 0 Å². The zero-order valence-corrected chi connectivity index (χ0v) is 16.5. The fourth-order valence-electron chi connectivity index (χ4n) is 3.36. The highest BCUT2D eigenvalue weighted by Gasteiger charge is 2.23. The molecule has 3 aromatic rings. The molecule has 0 atom stereocenters. The van der Waals surface area contributed by atoms with Gasteiger partial charge in [-0.3, -0.25) is 9.78 Å². The summed E-state index contributed by atoms with van der Waals surface area (Å²) in [7, 11) is 0. The van der Waals surface area contributed by atoms with Crippen LogP contribution in [0.2, 0.25) is 0 Å². The fourth-order valence-corrected chi connectivity index (χ4v) is 3.36. The number of nitrogens with one attached hydrogen (secondary N) is 1. The Morgan fingerprint density at radius 3 is 2.41 bits per heavy atom. The van der Waals surface area contributed by atoms with Gasteiger partial charge in [-0.05, 0) is 36.2 Å². The van der Waals surface area contributed by atoms with Gasteiger partial charge < -0.3 is 15.1 Å². The van der Waals surface area contributed by atoms with Crippen molar-refractivity contribution in [1.29, 1.82) is 0 Å². The van der Waals surface area contributed by atoms with E-state index in [-0.39, 0.29) is 5.91 Å². The van der Waals surface area contributed by atoms with E-state index in [1.54, 1.807) is 30.9 Å². The third kappa shape index (κ3) is 4.51. The maximum atomic E-state index is 12.9. The van der Waals surface area contributed by atoms with Crippen molar-refractivity contribution in [1.82, 2.24) is 19.9 Å². The molecule has 0 aliphatic carbocycles. The summed E-state index contributed by atoms with van der Waals surface area (Å²) in [5.74, 6) is 0.706. The average Bonchev–Trinajstić information content (AvgIpc) is 2.80. The third-order valence-corrected chi connectivity index (χ3v) is 5.04. The van der Waals surface area contributed by atoms with E-state index in [1.807, 2.05) is 23.1 Å². The molecule has 1 aliphatic rings. The second-order valence-corrected chi connectivity index (χ2v) is 6.97. The third-order valence-electron chi connectivity index (χ3n) is 5.04. The molecule has 148 valence electrons. The molecule has 0 saturated carbocycles. The van der Waals surface area contributed by atoms with E-state index in [4.69, 9.17) is 0 Å². The Morgan fingerprint density at radius 2 is 1.72 bits per heavy atom. The zero-order valence-electron chi connectivity index (χ0n) is 16.5. The van der Waals surface area contributed by atoms with Crippen LogP contribution in [0.15, 0.2) is 61.2 Å². The van der Waals surface area contributed by atoms with Crippen molar-refractivity contribution in [3.63, 3.8) is 0 Å². The molecule has 1 saturated heterocycles. The molecule has 0 radical (unpaired) electrons. The summed E-state index contributed by atoms with van der Waals surface area (Å²) < 4.78 is 0. The molecule has 0 spiro atoms. The number of aromatic nitrogens is 3. The quantitative estimate of drug-likeness (QED) is 0.724. The van der Waals surface area contributed by atoms with Crippen LogP contribution < -0.4 is 10.2 Å². The number of piperazine rings is 1. The standard InChI is InChI=1S/C22H24N6O/c1-2-17-4-6-19(7-5-17)26-20-14-18(15-23-16-20)21(29)27-10-12-28(13-11-27)22-24-8-3-9-25-22/h3-9,14-16,26H,2,10-13H2,1H3. The number of nitrogens with zero attached hydrogens (tertiary/aromatic N) is 5. The maximum Gasteiger partial charge on any atom is 0.255 e. The molecule has 0 bridgehead atoms. The van der Waals surface area contributed by atoms with Crippen molar-refractivity contribution in [2.45, 2.75) is 13.3 Å². The van der Waals surface area contributed by atoms with E-state index in [9.17, 15) is 4.79 Å². The first-order chi connectivity index (χ1) is 14.2. The summed E-state index contributed by atoms with van der Waals surface area (Å²) in [5, 5.41) is 3.32. The van der Waals surface area contributed by atoms with Crippen molar-refractivity contribution in [2.24, 2.45) is 0 Å². The molecule has 2 aromatic heterocycles. The first-order valence-corrected chi connectivity index (χ1v) is 9.85. The van der Waals surface area contributed by atoms with Crippen molar-refractivity contribution < 1.29 is 4.79 Å². The minimum atomic E-state index is -0.00360. The molecule has 7 nitrogen and oxygen atoms in total. The monoisotopic (exact) mass is 388 g/mol. The highest BCUT2D eigenvalue weighted by molar-refractivity contribution is 5.95. The van der Waals surface area contributed by atoms with Crippen molar-refractivity contribution >= 4 is 23.2 Å². The van der Waals surface area contributed by atoms with Crippen LogP contribution in [0.3, 0.4) is 0 Å². The van der Waals surface area contributed by atoms with Crippen molar-refractivity contribution in [3.8, 4) is 0 Å². The number of hydrogen-bond acceptors (Lipinski definition) is 6. The number of carbonyl (C=O) groups is 1. The van der Waals surface area contributed by atoms with E-state index in [1.165, 1.54) is 5.56 Å². The SMILES string of the molecule is CCc1ccc(Nc2cncc(C(=O)N3CCN(c4ncccn4)CC3)c2)cc1. The van der Waals surface area contributed by atoms with Gasteiger partial charge in [-0.25, -0.2) is 9.97 Å². The Kier molecular flexibility index (Phi) is 5.65.